The number of methoxy groups -OCH3 is 1. The number of rotatable bonds is 7. The molecule has 0 unspecified atom stereocenters. The minimum absolute atomic E-state index is 0.865. The van der Waals surface area contributed by atoms with Crippen molar-refractivity contribution in [1.29, 1.82) is 0 Å². The van der Waals surface area contributed by atoms with E-state index in [2.05, 4.69) is 43.3 Å². The molecular weight excluding hydrogens is 294 g/mol. The summed E-state index contributed by atoms with van der Waals surface area (Å²) in [6, 6.07) is 19.0. The first-order chi connectivity index (χ1) is 11.8. The molecule has 0 bridgehead atoms. The van der Waals surface area contributed by atoms with Crippen molar-refractivity contribution < 1.29 is 4.74 Å². The van der Waals surface area contributed by atoms with E-state index in [1.165, 1.54) is 43.2 Å². The number of pyridine rings is 1. The summed E-state index contributed by atoms with van der Waals surface area (Å²) in [4.78, 5) is 4.78. The molecule has 0 aliphatic heterocycles. The van der Waals surface area contributed by atoms with E-state index < -0.39 is 0 Å². The fraction of sp³-hybridized carbons (Fsp3) is 0.318. The van der Waals surface area contributed by atoms with Crippen LogP contribution in [0.4, 0.5) is 0 Å². The number of hydrogen-bond donors (Lipinski definition) is 0. The average Bonchev–Trinajstić information content (AvgIpc) is 2.65. The number of hydrogen-bond acceptors (Lipinski definition) is 2. The predicted molar refractivity (Wildman–Crippen MR) is 102 cm³/mol. The zero-order chi connectivity index (χ0) is 16.8. The SMILES string of the molecule is CCCCCCc1ccc(-c2ccc3cc(OC)ccc3n2)cc1. The van der Waals surface area contributed by atoms with Gasteiger partial charge in [-0.05, 0) is 42.7 Å². The summed E-state index contributed by atoms with van der Waals surface area (Å²) in [6.07, 6.45) is 6.41. The van der Waals surface area contributed by atoms with Gasteiger partial charge in [-0.1, -0.05) is 56.5 Å². The summed E-state index contributed by atoms with van der Waals surface area (Å²) >= 11 is 0. The van der Waals surface area contributed by atoms with Gasteiger partial charge in [0.15, 0.2) is 0 Å². The van der Waals surface area contributed by atoms with Gasteiger partial charge in [0.1, 0.15) is 5.75 Å². The van der Waals surface area contributed by atoms with Crippen molar-refractivity contribution >= 4 is 10.9 Å². The molecule has 0 atom stereocenters. The molecule has 2 heteroatoms. The normalized spacial score (nSPS) is 10.9. The minimum atomic E-state index is 0.865. The monoisotopic (exact) mass is 319 g/mol. The maximum atomic E-state index is 5.27. The van der Waals surface area contributed by atoms with Crippen molar-refractivity contribution in [2.45, 2.75) is 39.0 Å². The molecule has 1 heterocycles. The van der Waals surface area contributed by atoms with Crippen LogP contribution in [0.15, 0.2) is 54.6 Å². The molecule has 124 valence electrons. The Kier molecular flexibility index (Phi) is 5.47. The second-order valence-corrected chi connectivity index (χ2v) is 6.26. The van der Waals surface area contributed by atoms with Crippen molar-refractivity contribution in [3.8, 4) is 17.0 Å². The Morgan fingerprint density at radius 2 is 1.71 bits per heavy atom. The van der Waals surface area contributed by atoms with Crippen LogP contribution < -0.4 is 4.74 Å². The van der Waals surface area contributed by atoms with Gasteiger partial charge >= 0.3 is 0 Å². The number of aromatic nitrogens is 1. The number of ether oxygens (including phenoxy) is 1. The number of aryl methyl sites for hydroxylation is 1. The zero-order valence-corrected chi connectivity index (χ0v) is 14.6. The lowest BCUT2D eigenvalue weighted by Crippen LogP contribution is -1.89. The van der Waals surface area contributed by atoms with E-state index >= 15 is 0 Å². The third-order valence-corrected chi connectivity index (χ3v) is 4.47. The lowest BCUT2D eigenvalue weighted by molar-refractivity contribution is 0.415. The molecule has 24 heavy (non-hydrogen) atoms. The van der Waals surface area contributed by atoms with E-state index in [4.69, 9.17) is 9.72 Å². The van der Waals surface area contributed by atoms with Crippen LogP contribution in [-0.2, 0) is 6.42 Å². The molecule has 3 aromatic rings. The number of nitrogens with zero attached hydrogens (tertiary/aromatic N) is 1. The summed E-state index contributed by atoms with van der Waals surface area (Å²) in [5.74, 6) is 0.865. The van der Waals surface area contributed by atoms with E-state index in [0.29, 0.717) is 0 Å². The van der Waals surface area contributed by atoms with E-state index in [9.17, 15) is 0 Å². The summed E-state index contributed by atoms with van der Waals surface area (Å²) in [5, 5.41) is 1.10. The van der Waals surface area contributed by atoms with Gasteiger partial charge in [-0.3, -0.25) is 0 Å². The van der Waals surface area contributed by atoms with Gasteiger partial charge in [-0.2, -0.15) is 0 Å². The molecule has 0 aliphatic rings. The molecule has 0 saturated carbocycles. The highest BCUT2D eigenvalue weighted by Gasteiger charge is 2.03. The first kappa shape index (κ1) is 16.5. The quantitative estimate of drug-likeness (QED) is 0.496. The van der Waals surface area contributed by atoms with Gasteiger partial charge in [0.2, 0.25) is 0 Å². The van der Waals surface area contributed by atoms with E-state index in [0.717, 1.165) is 22.3 Å². The first-order valence-electron chi connectivity index (χ1n) is 8.84. The van der Waals surface area contributed by atoms with Crippen molar-refractivity contribution in [1.82, 2.24) is 4.98 Å². The highest BCUT2D eigenvalue weighted by molar-refractivity contribution is 5.82. The van der Waals surface area contributed by atoms with Crippen molar-refractivity contribution in [2.75, 3.05) is 7.11 Å². The number of fused-ring (bicyclic) bond motifs is 1. The van der Waals surface area contributed by atoms with Crippen LogP contribution in [0.3, 0.4) is 0 Å². The van der Waals surface area contributed by atoms with E-state index in [-0.39, 0.29) is 0 Å². The molecule has 0 spiro atoms. The van der Waals surface area contributed by atoms with Crippen LogP contribution >= 0.6 is 0 Å². The maximum absolute atomic E-state index is 5.27. The molecule has 2 nitrogen and oxygen atoms in total. The molecule has 2 aromatic carbocycles. The summed E-state index contributed by atoms with van der Waals surface area (Å²) < 4.78 is 5.27. The Balaban J connectivity index is 1.75. The van der Waals surface area contributed by atoms with Gasteiger partial charge in [0.05, 0.1) is 18.3 Å². The largest absolute Gasteiger partial charge is 0.497 e. The Hall–Kier alpha value is -2.35. The molecule has 1 aromatic heterocycles. The second-order valence-electron chi connectivity index (χ2n) is 6.26. The smallest absolute Gasteiger partial charge is 0.119 e. The van der Waals surface area contributed by atoms with Gasteiger partial charge in [-0.25, -0.2) is 4.98 Å². The maximum Gasteiger partial charge on any atom is 0.119 e. The van der Waals surface area contributed by atoms with Crippen LogP contribution in [0.25, 0.3) is 22.2 Å². The molecule has 0 radical (unpaired) electrons. The fourth-order valence-corrected chi connectivity index (χ4v) is 2.99. The summed E-state index contributed by atoms with van der Waals surface area (Å²) in [6.45, 7) is 2.25. The topological polar surface area (TPSA) is 22.1 Å². The lowest BCUT2D eigenvalue weighted by atomic mass is 10.0. The second kappa shape index (κ2) is 7.96. The first-order valence-corrected chi connectivity index (χ1v) is 8.84. The Morgan fingerprint density at radius 1 is 0.875 bits per heavy atom. The Morgan fingerprint density at radius 3 is 2.46 bits per heavy atom. The van der Waals surface area contributed by atoms with Gasteiger partial charge in [0.25, 0.3) is 0 Å². The van der Waals surface area contributed by atoms with Crippen molar-refractivity contribution in [3.05, 3.63) is 60.2 Å². The molecule has 0 fully saturated rings. The number of unbranched alkanes of at least 4 members (excludes halogenated alkanes) is 3. The Bertz CT molecular complexity index is 793. The molecule has 0 amide bonds. The third-order valence-electron chi connectivity index (χ3n) is 4.47. The molecule has 0 N–H and O–H groups in total. The van der Waals surface area contributed by atoms with Crippen LogP contribution in [0, 0.1) is 0 Å². The third kappa shape index (κ3) is 3.94. The lowest BCUT2D eigenvalue weighted by Gasteiger charge is -2.07. The molecule has 0 saturated heterocycles. The summed E-state index contributed by atoms with van der Waals surface area (Å²) in [7, 11) is 1.69. The molecular formula is C22H25NO. The molecule has 3 rings (SSSR count). The van der Waals surface area contributed by atoms with Crippen molar-refractivity contribution in [2.24, 2.45) is 0 Å². The summed E-state index contributed by atoms with van der Waals surface area (Å²) in [5.41, 5.74) is 4.60. The number of benzene rings is 2. The van der Waals surface area contributed by atoms with Crippen molar-refractivity contribution in [3.63, 3.8) is 0 Å². The standard InChI is InChI=1S/C22H25NO/c1-3-4-5-6-7-17-8-10-18(11-9-17)21-14-12-19-16-20(24-2)13-15-22(19)23-21/h8-16H,3-7H2,1-2H3. The van der Waals surface area contributed by atoms with Crippen LogP contribution in [0.1, 0.15) is 38.2 Å². The highest BCUT2D eigenvalue weighted by atomic mass is 16.5. The Labute approximate surface area is 144 Å². The van der Waals surface area contributed by atoms with E-state index in [1.54, 1.807) is 7.11 Å². The molecule has 0 aliphatic carbocycles. The zero-order valence-electron chi connectivity index (χ0n) is 14.6. The van der Waals surface area contributed by atoms with Gasteiger partial charge in [-0.15, -0.1) is 0 Å². The van der Waals surface area contributed by atoms with Gasteiger partial charge < -0.3 is 4.74 Å². The predicted octanol–water partition coefficient (Wildman–Crippen LogP) is 6.03. The average molecular weight is 319 g/mol. The highest BCUT2D eigenvalue weighted by Crippen LogP contribution is 2.24. The van der Waals surface area contributed by atoms with Crippen LogP contribution in [0.2, 0.25) is 0 Å². The van der Waals surface area contributed by atoms with E-state index in [1.807, 2.05) is 18.2 Å². The van der Waals surface area contributed by atoms with Crippen LogP contribution in [0.5, 0.6) is 5.75 Å². The minimum Gasteiger partial charge on any atom is -0.497 e. The van der Waals surface area contributed by atoms with Gasteiger partial charge in [0, 0.05) is 10.9 Å². The van der Waals surface area contributed by atoms with Crippen LogP contribution in [-0.4, -0.2) is 12.1 Å². The fourth-order valence-electron chi connectivity index (χ4n) is 2.99.